The molecule has 1 aliphatic heterocycles. The van der Waals surface area contributed by atoms with Gasteiger partial charge in [-0.3, -0.25) is 4.79 Å². The molecule has 0 unspecified atom stereocenters. The topological polar surface area (TPSA) is 106 Å². The minimum Gasteiger partial charge on any atom is -0.801 e. The van der Waals surface area contributed by atoms with Crippen LogP contribution in [0.15, 0.2) is 32.6 Å². The van der Waals surface area contributed by atoms with Crippen LogP contribution in [0.3, 0.4) is 0 Å². The van der Waals surface area contributed by atoms with Crippen LogP contribution in [0, 0.1) is 20.8 Å². The largest absolute Gasteiger partial charge is 3.00 e. The maximum absolute atomic E-state index is 11.9. The first-order valence-corrected chi connectivity index (χ1v) is 13.7. The second-order valence-corrected chi connectivity index (χ2v) is 9.87. The van der Waals surface area contributed by atoms with Crippen LogP contribution in [0.5, 0.6) is 0 Å². The maximum Gasteiger partial charge on any atom is 3.00 e. The third-order valence-electron chi connectivity index (χ3n) is 7.62. The van der Waals surface area contributed by atoms with Crippen LogP contribution in [0.1, 0.15) is 81.2 Å². The van der Waals surface area contributed by atoms with Crippen LogP contribution >= 0.6 is 0 Å². The quantitative estimate of drug-likeness (QED) is 0.259. The first-order valence-electron chi connectivity index (χ1n) is 13.7. The third kappa shape index (κ3) is 5.69. The van der Waals surface area contributed by atoms with Gasteiger partial charge in [0.1, 0.15) is 11.5 Å². The summed E-state index contributed by atoms with van der Waals surface area (Å²) in [4.78, 5) is 26.7. The fraction of sp³-hybridized carbons (Fsp3) is 0.375. The van der Waals surface area contributed by atoms with E-state index < -0.39 is 0 Å². The first kappa shape index (κ1) is 31.0. The van der Waals surface area contributed by atoms with Crippen molar-refractivity contribution in [3.63, 3.8) is 0 Å². The van der Waals surface area contributed by atoms with Gasteiger partial charge < -0.3 is 19.9 Å². The molecule has 40 heavy (non-hydrogen) atoms. The van der Waals surface area contributed by atoms with Gasteiger partial charge in [-0.1, -0.05) is 73.3 Å². The Morgan fingerprint density at radius 3 is 2.23 bits per heavy atom. The number of rotatable bonds is 9. The van der Waals surface area contributed by atoms with Crippen LogP contribution < -0.4 is 20.7 Å². The average molecular weight is 581 g/mol. The molecule has 1 radical (unpaired) electrons. The Labute approximate surface area is 246 Å². The van der Waals surface area contributed by atoms with Crippen molar-refractivity contribution in [2.45, 2.75) is 81.1 Å². The third-order valence-corrected chi connectivity index (χ3v) is 7.62. The molecule has 0 spiro atoms. The fourth-order valence-electron chi connectivity index (χ4n) is 5.28. The molecule has 0 saturated carbocycles. The Morgan fingerprint density at radius 1 is 0.950 bits per heavy atom. The number of hydrogen-bond acceptors (Lipinski definition) is 4. The Bertz CT molecular complexity index is 1670. The minimum atomic E-state index is -0.297. The van der Waals surface area contributed by atoms with Gasteiger partial charge >= 0.3 is 16.5 Å². The SMILES string of the molecule is CCC(=O)C(=[N-])/C=c1\[n-]/c(=C\C2=NC(=C\c3[n-]c(-c4cnoc4C)c(C)c3CC)/C(CC)=C2C)c(C)c1CC.[Ni+3]. The summed E-state index contributed by atoms with van der Waals surface area (Å²) >= 11 is 0. The van der Waals surface area contributed by atoms with Crippen molar-refractivity contribution in [3.8, 4) is 11.3 Å². The van der Waals surface area contributed by atoms with Gasteiger partial charge in [0.2, 0.25) is 0 Å². The van der Waals surface area contributed by atoms with Crippen molar-refractivity contribution in [1.82, 2.24) is 15.1 Å². The molecule has 3 aromatic rings. The van der Waals surface area contributed by atoms with Crippen LogP contribution in [0.25, 0.3) is 34.9 Å². The number of ketones is 1. The normalized spacial score (nSPS) is 15.3. The Hall–Kier alpha value is -3.51. The van der Waals surface area contributed by atoms with E-state index >= 15 is 0 Å². The number of Topliss-reactive ketones (excluding diaryl/α,β-unsaturated/α-hetero) is 1. The van der Waals surface area contributed by atoms with Crippen LogP contribution in [-0.2, 0) is 34.1 Å². The second-order valence-electron chi connectivity index (χ2n) is 9.87. The molecule has 211 valence electrons. The molecule has 8 heteroatoms. The number of aliphatic imine (C=N–C) groups is 1. The Kier molecular flexibility index (Phi) is 9.91. The number of aromatic nitrogens is 3. The van der Waals surface area contributed by atoms with Gasteiger partial charge in [0.15, 0.2) is 0 Å². The molecule has 3 aromatic heterocycles. The summed E-state index contributed by atoms with van der Waals surface area (Å²) in [5.74, 6) is 0.457. The molecule has 7 nitrogen and oxygen atoms in total. The van der Waals surface area contributed by atoms with Gasteiger partial charge in [0, 0.05) is 12.0 Å². The summed E-state index contributed by atoms with van der Waals surface area (Å²) in [5.41, 5.74) is 10.9. The van der Waals surface area contributed by atoms with Gasteiger partial charge in [-0.25, -0.2) is 4.99 Å². The van der Waals surface area contributed by atoms with Crippen molar-refractivity contribution in [3.05, 3.63) is 72.9 Å². The number of hydrogen-bond donors (Lipinski definition) is 0. The molecule has 4 heterocycles. The van der Waals surface area contributed by atoms with Gasteiger partial charge in [-0.15, -0.1) is 27.8 Å². The van der Waals surface area contributed by atoms with E-state index in [9.17, 15) is 10.2 Å². The number of aryl methyl sites for hydroxylation is 1. The molecule has 0 saturated heterocycles. The zero-order valence-corrected chi connectivity index (χ0v) is 25.5. The second kappa shape index (κ2) is 12.8. The van der Waals surface area contributed by atoms with Crippen molar-refractivity contribution in [2.75, 3.05) is 0 Å². The van der Waals surface area contributed by atoms with Crippen molar-refractivity contribution < 1.29 is 25.8 Å². The first-order chi connectivity index (χ1) is 18.6. The standard InChI is InChI=1S/C32H36N5O2.Ni/c1-9-21-17(5)26(35-28(21)13-25(33)31(38)12-4)14-27-18(6)22(10-2)29(36-27)15-30-23(11-3)19(7)32(37-30)24-16-34-39-20(24)8;/h13-16H,9-12H2,1-8H3;/q-3;+3. The van der Waals surface area contributed by atoms with Crippen LogP contribution in [-0.4, -0.2) is 22.4 Å². The zero-order valence-electron chi connectivity index (χ0n) is 24.5. The van der Waals surface area contributed by atoms with E-state index in [2.05, 4.69) is 38.9 Å². The van der Waals surface area contributed by atoms with E-state index in [1.165, 1.54) is 17.2 Å². The maximum atomic E-state index is 11.9. The van der Waals surface area contributed by atoms with E-state index in [0.717, 1.165) is 81.0 Å². The van der Waals surface area contributed by atoms with Crippen LogP contribution in [0.2, 0.25) is 0 Å². The van der Waals surface area contributed by atoms with E-state index in [1.807, 2.05) is 26.8 Å². The summed E-state index contributed by atoms with van der Waals surface area (Å²) in [7, 11) is 0. The summed E-state index contributed by atoms with van der Waals surface area (Å²) in [6.45, 7) is 16.2. The average Bonchev–Trinajstić information content (AvgIpc) is 3.63. The molecule has 0 amide bonds. The Balaban J connectivity index is 0.00000441. The molecule has 0 aromatic carbocycles. The molecule has 1 aliphatic rings. The predicted molar refractivity (Wildman–Crippen MR) is 158 cm³/mol. The number of carbonyl (C=O) groups is 1. The van der Waals surface area contributed by atoms with E-state index in [0.29, 0.717) is 5.35 Å². The zero-order chi connectivity index (χ0) is 28.4. The predicted octanol–water partition coefficient (Wildman–Crippen LogP) is 5.08. The van der Waals surface area contributed by atoms with Crippen molar-refractivity contribution in [2.24, 2.45) is 4.99 Å². The molecular formula is C32H36N5NiO2. The number of nitrogens with zero attached hydrogens (tertiary/aromatic N) is 5. The molecule has 0 fully saturated rings. The van der Waals surface area contributed by atoms with Gasteiger partial charge in [-0.2, -0.15) is 0 Å². The van der Waals surface area contributed by atoms with E-state index in [4.69, 9.17) is 19.5 Å². The molecule has 0 atom stereocenters. The number of allylic oxidation sites excluding steroid dienone is 2. The minimum absolute atomic E-state index is 0. The molecule has 0 bridgehead atoms. The fourth-order valence-corrected chi connectivity index (χ4v) is 5.28. The van der Waals surface area contributed by atoms with Crippen LogP contribution in [0.4, 0.5) is 0 Å². The monoisotopic (exact) mass is 580 g/mol. The van der Waals surface area contributed by atoms with Gasteiger partial charge in [0.25, 0.3) is 0 Å². The molecule has 4 rings (SSSR count). The van der Waals surface area contributed by atoms with Crippen molar-refractivity contribution in [1.29, 1.82) is 0 Å². The molecule has 0 aliphatic carbocycles. The van der Waals surface area contributed by atoms with Crippen molar-refractivity contribution >= 4 is 35.4 Å². The summed E-state index contributed by atoms with van der Waals surface area (Å²) in [6, 6.07) is 0. The van der Waals surface area contributed by atoms with Gasteiger partial charge in [0.05, 0.1) is 17.6 Å². The molecule has 0 N–H and O–H groups in total. The summed E-state index contributed by atoms with van der Waals surface area (Å²) < 4.78 is 5.30. The summed E-state index contributed by atoms with van der Waals surface area (Å²) in [6.07, 6.45) is 10.00. The van der Waals surface area contributed by atoms with E-state index in [-0.39, 0.29) is 34.4 Å². The van der Waals surface area contributed by atoms with Gasteiger partial charge in [-0.05, 0) is 58.1 Å². The van der Waals surface area contributed by atoms with E-state index in [1.54, 1.807) is 13.1 Å². The Morgan fingerprint density at radius 2 is 1.65 bits per heavy atom. The summed E-state index contributed by atoms with van der Waals surface area (Å²) in [5, 5.41) is 15.6. The molecular weight excluding hydrogens is 545 g/mol. The smallest absolute Gasteiger partial charge is 0.801 e. The number of carbonyl (C=O) groups excluding carboxylic acids is 1.